The molecule has 4 N–H and O–H groups in total. The molecule has 6 nitrogen and oxygen atoms in total. The summed E-state index contributed by atoms with van der Waals surface area (Å²) in [5.41, 5.74) is 9.27. The van der Waals surface area contributed by atoms with Crippen LogP contribution < -0.4 is 11.5 Å². The monoisotopic (exact) mass is 383 g/mol. The van der Waals surface area contributed by atoms with Crippen molar-refractivity contribution >= 4 is 36.7 Å². The predicted octanol–water partition coefficient (Wildman–Crippen LogP) is 2.46. The third kappa shape index (κ3) is 4.87. The highest BCUT2D eigenvalue weighted by molar-refractivity contribution is 6.02. The highest BCUT2D eigenvalue weighted by Crippen LogP contribution is 2.34. The van der Waals surface area contributed by atoms with Gasteiger partial charge in [-0.2, -0.15) is 18.2 Å². The third-order valence-electron chi connectivity index (χ3n) is 2.77. The molecular formula is C13H14Cl2F3N5O. The fraction of sp³-hybridized carbons (Fsp3) is 0.154. The number of guanidine groups is 1. The van der Waals surface area contributed by atoms with Gasteiger partial charge in [0.1, 0.15) is 0 Å². The van der Waals surface area contributed by atoms with Crippen molar-refractivity contribution in [3.8, 4) is 5.69 Å². The van der Waals surface area contributed by atoms with Gasteiger partial charge in [-0.3, -0.25) is 4.79 Å². The Morgan fingerprint density at radius 3 is 2.33 bits per heavy atom. The molecule has 0 aliphatic carbocycles. The fourth-order valence-corrected chi connectivity index (χ4v) is 1.86. The molecule has 0 aliphatic heterocycles. The van der Waals surface area contributed by atoms with E-state index < -0.39 is 23.6 Å². The highest BCUT2D eigenvalue weighted by Gasteiger charge is 2.34. The number of hydrogen-bond acceptors (Lipinski definition) is 2. The molecule has 0 spiro atoms. The van der Waals surface area contributed by atoms with Crippen LogP contribution in [-0.4, -0.2) is 21.4 Å². The summed E-state index contributed by atoms with van der Waals surface area (Å²) in [5, 5.41) is 0. The van der Waals surface area contributed by atoms with Crippen molar-refractivity contribution in [1.82, 2.24) is 9.55 Å². The molecular weight excluding hydrogens is 370 g/mol. The third-order valence-corrected chi connectivity index (χ3v) is 2.77. The lowest BCUT2D eigenvalue weighted by atomic mass is 10.1. The van der Waals surface area contributed by atoms with Crippen LogP contribution in [0.5, 0.6) is 0 Å². The summed E-state index contributed by atoms with van der Waals surface area (Å²) in [4.78, 5) is 18.8. The molecule has 0 fully saturated rings. The van der Waals surface area contributed by atoms with E-state index in [1.807, 2.05) is 0 Å². The molecule has 0 atom stereocenters. The first-order valence-electron chi connectivity index (χ1n) is 6.04. The smallest absolute Gasteiger partial charge is 0.370 e. The van der Waals surface area contributed by atoms with Gasteiger partial charge >= 0.3 is 6.18 Å². The Morgan fingerprint density at radius 2 is 1.88 bits per heavy atom. The summed E-state index contributed by atoms with van der Waals surface area (Å²) in [5.74, 6) is -1.47. The minimum Gasteiger partial charge on any atom is -0.370 e. The number of rotatable bonds is 2. The lowest BCUT2D eigenvalue weighted by Crippen LogP contribution is -2.24. The maximum atomic E-state index is 13.2. The number of aryl methyl sites for hydroxylation is 1. The number of amides is 1. The Balaban J connectivity index is 0.00000264. The van der Waals surface area contributed by atoms with Crippen molar-refractivity contribution in [3.63, 3.8) is 0 Å². The number of carbonyl (C=O) groups excluding carboxylic acids is 1. The number of benzene rings is 1. The number of halogens is 5. The van der Waals surface area contributed by atoms with Gasteiger partial charge in [-0.15, -0.1) is 24.8 Å². The standard InChI is InChI=1S/C13H12F3N5O.2ClH/c1-7-5-21(6-19-7)10-3-2-8(11(22)20-12(17)18)4-9(10)13(14,15)16;;/h2-6H,1H3,(H4,17,18,20,22);2*1H. The Labute approximate surface area is 147 Å². The van der Waals surface area contributed by atoms with Crippen molar-refractivity contribution in [2.24, 2.45) is 16.5 Å². The van der Waals surface area contributed by atoms with Crippen LogP contribution in [0.4, 0.5) is 13.2 Å². The number of aromatic nitrogens is 2. The number of alkyl halides is 3. The average Bonchev–Trinajstić information content (AvgIpc) is 2.83. The van der Waals surface area contributed by atoms with Crippen LogP contribution >= 0.6 is 24.8 Å². The summed E-state index contributed by atoms with van der Waals surface area (Å²) in [6, 6.07) is 3.09. The van der Waals surface area contributed by atoms with Gasteiger partial charge in [-0.05, 0) is 25.1 Å². The molecule has 2 rings (SSSR count). The number of imidazole rings is 1. The molecule has 0 bridgehead atoms. The molecule has 24 heavy (non-hydrogen) atoms. The van der Waals surface area contributed by atoms with Gasteiger partial charge in [0.25, 0.3) is 5.91 Å². The Bertz CT molecular complexity index is 754. The van der Waals surface area contributed by atoms with E-state index in [9.17, 15) is 18.0 Å². The van der Waals surface area contributed by atoms with Crippen LogP contribution in [0.1, 0.15) is 21.6 Å². The van der Waals surface area contributed by atoms with Crippen molar-refractivity contribution < 1.29 is 18.0 Å². The van der Waals surface area contributed by atoms with Crippen LogP contribution in [-0.2, 0) is 6.18 Å². The van der Waals surface area contributed by atoms with Crippen LogP contribution in [0.3, 0.4) is 0 Å². The molecule has 11 heteroatoms. The maximum absolute atomic E-state index is 13.2. The van der Waals surface area contributed by atoms with Gasteiger partial charge in [0.15, 0.2) is 5.96 Å². The first-order valence-corrected chi connectivity index (χ1v) is 6.04. The molecule has 0 saturated heterocycles. The zero-order valence-electron chi connectivity index (χ0n) is 12.2. The molecule has 0 radical (unpaired) electrons. The van der Waals surface area contributed by atoms with Gasteiger partial charge in [0.05, 0.1) is 23.3 Å². The number of nitrogens with zero attached hydrogens (tertiary/aromatic N) is 3. The molecule has 132 valence electrons. The van der Waals surface area contributed by atoms with Gasteiger partial charge in [0.2, 0.25) is 0 Å². The summed E-state index contributed by atoms with van der Waals surface area (Å²) >= 11 is 0. The molecule has 2 aromatic rings. The highest BCUT2D eigenvalue weighted by atomic mass is 35.5. The molecule has 0 saturated carbocycles. The van der Waals surface area contributed by atoms with Gasteiger partial charge in [0, 0.05) is 11.8 Å². The summed E-state index contributed by atoms with van der Waals surface area (Å²) in [6.45, 7) is 1.65. The second-order valence-corrected chi connectivity index (χ2v) is 4.49. The Hall–Kier alpha value is -2.26. The largest absolute Gasteiger partial charge is 0.418 e. The molecule has 1 heterocycles. The topological polar surface area (TPSA) is 99.3 Å². The Kier molecular flexibility index (Phi) is 7.27. The maximum Gasteiger partial charge on any atom is 0.418 e. The van der Waals surface area contributed by atoms with E-state index in [0.717, 1.165) is 0 Å². The average molecular weight is 384 g/mol. The first kappa shape index (κ1) is 21.7. The number of nitrogens with two attached hydrogens (primary N) is 2. The van der Waals surface area contributed by atoms with Crippen molar-refractivity contribution in [2.75, 3.05) is 0 Å². The zero-order chi connectivity index (χ0) is 16.5. The normalized spacial score (nSPS) is 10.3. The minimum absolute atomic E-state index is 0. The van der Waals surface area contributed by atoms with Crippen LogP contribution in [0.25, 0.3) is 5.69 Å². The second kappa shape index (κ2) is 8.02. The van der Waals surface area contributed by atoms with Crippen molar-refractivity contribution in [3.05, 3.63) is 47.5 Å². The molecule has 1 aromatic carbocycles. The van der Waals surface area contributed by atoms with Crippen molar-refractivity contribution in [1.29, 1.82) is 0 Å². The lowest BCUT2D eigenvalue weighted by molar-refractivity contribution is -0.137. The Morgan fingerprint density at radius 1 is 1.25 bits per heavy atom. The van der Waals surface area contributed by atoms with E-state index >= 15 is 0 Å². The minimum atomic E-state index is -4.65. The van der Waals surface area contributed by atoms with Gasteiger partial charge < -0.3 is 16.0 Å². The van der Waals surface area contributed by atoms with E-state index in [0.29, 0.717) is 11.8 Å². The van der Waals surface area contributed by atoms with E-state index in [-0.39, 0.29) is 36.1 Å². The van der Waals surface area contributed by atoms with E-state index in [2.05, 4.69) is 9.98 Å². The summed E-state index contributed by atoms with van der Waals surface area (Å²) < 4.78 is 40.9. The van der Waals surface area contributed by atoms with E-state index in [1.165, 1.54) is 29.2 Å². The quantitative estimate of drug-likeness (QED) is 0.614. The van der Waals surface area contributed by atoms with Gasteiger partial charge in [-0.25, -0.2) is 4.98 Å². The SMILES string of the molecule is Cc1cn(-c2ccc(C(=O)N=C(N)N)cc2C(F)(F)F)cn1.Cl.Cl. The summed E-state index contributed by atoms with van der Waals surface area (Å²) in [7, 11) is 0. The first-order chi connectivity index (χ1) is 10.2. The van der Waals surface area contributed by atoms with Crippen LogP contribution in [0.15, 0.2) is 35.7 Å². The second-order valence-electron chi connectivity index (χ2n) is 4.49. The molecule has 0 aliphatic rings. The number of aliphatic imine (C=N–C) groups is 1. The molecule has 1 amide bonds. The molecule has 0 unspecified atom stereocenters. The lowest BCUT2D eigenvalue weighted by Gasteiger charge is -2.14. The molecule has 1 aromatic heterocycles. The van der Waals surface area contributed by atoms with Crippen LogP contribution in [0.2, 0.25) is 0 Å². The predicted molar refractivity (Wildman–Crippen MR) is 87.9 cm³/mol. The van der Waals surface area contributed by atoms with Crippen molar-refractivity contribution in [2.45, 2.75) is 13.1 Å². The van der Waals surface area contributed by atoms with Crippen LogP contribution in [0, 0.1) is 6.92 Å². The van der Waals surface area contributed by atoms with E-state index in [4.69, 9.17) is 11.5 Å². The fourth-order valence-electron chi connectivity index (χ4n) is 1.86. The summed E-state index contributed by atoms with van der Waals surface area (Å²) in [6.07, 6.45) is -1.94. The van der Waals surface area contributed by atoms with Gasteiger partial charge in [-0.1, -0.05) is 0 Å². The van der Waals surface area contributed by atoms with E-state index in [1.54, 1.807) is 6.92 Å². The number of carbonyl (C=O) groups is 1. The number of hydrogen-bond donors (Lipinski definition) is 2. The zero-order valence-corrected chi connectivity index (χ0v) is 13.9.